The Balaban J connectivity index is 2.06. The number of aliphatic hydroxyl groups is 1. The molecule has 0 aromatic rings. The molecule has 0 radical (unpaired) electrons. The fourth-order valence-electron chi connectivity index (χ4n) is 1.22. The summed E-state index contributed by atoms with van der Waals surface area (Å²) in [6.07, 6.45) is 2.49. The van der Waals surface area contributed by atoms with Gasteiger partial charge in [0.15, 0.2) is 0 Å². The van der Waals surface area contributed by atoms with E-state index in [-0.39, 0.29) is 0 Å². The lowest BCUT2D eigenvalue weighted by molar-refractivity contribution is 0.117. The van der Waals surface area contributed by atoms with Crippen LogP contribution in [0.15, 0.2) is 0 Å². The van der Waals surface area contributed by atoms with Crippen molar-refractivity contribution in [3.05, 3.63) is 0 Å². The van der Waals surface area contributed by atoms with Crippen LogP contribution in [0.25, 0.3) is 0 Å². The van der Waals surface area contributed by atoms with Crippen LogP contribution in [-0.2, 0) is 0 Å². The average molecular weight is 100 g/mol. The van der Waals surface area contributed by atoms with Crippen molar-refractivity contribution < 1.29 is 5.11 Å². The molecule has 1 saturated carbocycles. The van der Waals surface area contributed by atoms with Crippen LogP contribution in [0.2, 0.25) is 0 Å². The summed E-state index contributed by atoms with van der Waals surface area (Å²) in [4.78, 5) is 0. The second-order valence-corrected chi connectivity index (χ2v) is 2.63. The summed E-state index contributed by atoms with van der Waals surface area (Å²) in [6.45, 7) is 2.64. The standard InChI is InChI=1S/C6H12O/c1-5-2-6(3-5)4-7/h5-7H,2-4H2,1H3. The maximum atomic E-state index is 8.50. The molecular weight excluding hydrogens is 88.1 g/mol. The Kier molecular flexibility index (Phi) is 1.33. The predicted molar refractivity (Wildman–Crippen MR) is 29.0 cm³/mol. The van der Waals surface area contributed by atoms with Gasteiger partial charge in [-0.2, -0.15) is 0 Å². The highest BCUT2D eigenvalue weighted by atomic mass is 16.3. The predicted octanol–water partition coefficient (Wildman–Crippen LogP) is 1.02. The first-order valence-corrected chi connectivity index (χ1v) is 2.93. The summed E-state index contributed by atoms with van der Waals surface area (Å²) in [5, 5.41) is 8.50. The normalized spacial score (nSPS) is 40.3. The Morgan fingerprint density at radius 2 is 2.14 bits per heavy atom. The zero-order chi connectivity index (χ0) is 5.28. The monoisotopic (exact) mass is 100 g/mol. The molecule has 1 N–H and O–H groups in total. The maximum absolute atomic E-state index is 8.50. The molecule has 7 heavy (non-hydrogen) atoms. The third kappa shape index (κ3) is 0.942. The topological polar surface area (TPSA) is 20.2 Å². The number of aliphatic hydroxyl groups excluding tert-OH is 1. The van der Waals surface area contributed by atoms with E-state index in [4.69, 9.17) is 5.11 Å². The third-order valence-corrected chi connectivity index (χ3v) is 1.73. The first-order valence-electron chi connectivity index (χ1n) is 2.93. The van der Waals surface area contributed by atoms with Crippen LogP contribution in [0.4, 0.5) is 0 Å². The van der Waals surface area contributed by atoms with Gasteiger partial charge >= 0.3 is 0 Å². The van der Waals surface area contributed by atoms with E-state index in [2.05, 4.69) is 6.92 Å². The largest absolute Gasteiger partial charge is 0.396 e. The zero-order valence-corrected chi connectivity index (χ0v) is 4.72. The molecule has 1 heteroatoms. The minimum absolute atomic E-state index is 0.407. The van der Waals surface area contributed by atoms with Gasteiger partial charge in [0, 0.05) is 6.61 Å². The van der Waals surface area contributed by atoms with Crippen molar-refractivity contribution in [2.24, 2.45) is 11.8 Å². The molecule has 0 aliphatic heterocycles. The molecule has 1 nitrogen and oxygen atoms in total. The Hall–Kier alpha value is -0.0400. The zero-order valence-electron chi connectivity index (χ0n) is 4.72. The van der Waals surface area contributed by atoms with Gasteiger partial charge in [-0.1, -0.05) is 6.92 Å². The first-order chi connectivity index (χ1) is 3.33. The van der Waals surface area contributed by atoms with Gasteiger partial charge in [0.25, 0.3) is 0 Å². The lowest BCUT2D eigenvalue weighted by Gasteiger charge is -2.30. The van der Waals surface area contributed by atoms with Crippen LogP contribution >= 0.6 is 0 Å². The molecule has 1 fully saturated rings. The van der Waals surface area contributed by atoms with Gasteiger partial charge < -0.3 is 5.11 Å². The smallest absolute Gasteiger partial charge is 0.0459 e. The molecule has 1 aliphatic carbocycles. The molecule has 0 unspecified atom stereocenters. The summed E-state index contributed by atoms with van der Waals surface area (Å²) < 4.78 is 0. The van der Waals surface area contributed by atoms with E-state index in [9.17, 15) is 0 Å². The molecule has 0 aromatic carbocycles. The molecule has 0 saturated heterocycles. The Morgan fingerprint density at radius 1 is 1.57 bits per heavy atom. The molecule has 0 spiro atoms. The molecule has 1 rings (SSSR count). The van der Waals surface area contributed by atoms with Crippen molar-refractivity contribution in [2.75, 3.05) is 6.61 Å². The lowest BCUT2D eigenvalue weighted by atomic mass is 9.77. The van der Waals surface area contributed by atoms with E-state index in [1.807, 2.05) is 0 Å². The highest BCUT2D eigenvalue weighted by Gasteiger charge is 2.23. The van der Waals surface area contributed by atoms with Crippen molar-refractivity contribution in [3.63, 3.8) is 0 Å². The lowest BCUT2D eigenvalue weighted by Crippen LogP contribution is -2.23. The maximum Gasteiger partial charge on any atom is 0.0459 e. The van der Waals surface area contributed by atoms with E-state index in [0.717, 1.165) is 5.92 Å². The Labute approximate surface area is 44.4 Å². The highest BCUT2D eigenvalue weighted by molar-refractivity contribution is 4.74. The van der Waals surface area contributed by atoms with Gasteiger partial charge in [0.05, 0.1) is 0 Å². The second kappa shape index (κ2) is 1.83. The van der Waals surface area contributed by atoms with Crippen molar-refractivity contribution in [2.45, 2.75) is 19.8 Å². The summed E-state index contributed by atoms with van der Waals surface area (Å²) in [5.74, 6) is 1.53. The summed E-state index contributed by atoms with van der Waals surface area (Å²) >= 11 is 0. The number of hydrogen-bond acceptors (Lipinski definition) is 1. The van der Waals surface area contributed by atoms with Gasteiger partial charge in [-0.3, -0.25) is 0 Å². The van der Waals surface area contributed by atoms with E-state index >= 15 is 0 Å². The molecule has 0 aromatic heterocycles. The van der Waals surface area contributed by atoms with Crippen molar-refractivity contribution in [3.8, 4) is 0 Å². The molecule has 0 bridgehead atoms. The van der Waals surface area contributed by atoms with Crippen LogP contribution in [0.3, 0.4) is 0 Å². The van der Waals surface area contributed by atoms with Crippen molar-refractivity contribution >= 4 is 0 Å². The van der Waals surface area contributed by atoms with Gasteiger partial charge in [-0.05, 0) is 24.7 Å². The summed E-state index contributed by atoms with van der Waals surface area (Å²) in [7, 11) is 0. The SMILES string of the molecule is CC1CC(CO)C1. The fourth-order valence-corrected chi connectivity index (χ4v) is 1.22. The van der Waals surface area contributed by atoms with E-state index in [0.29, 0.717) is 12.5 Å². The van der Waals surface area contributed by atoms with E-state index in [1.54, 1.807) is 0 Å². The fraction of sp³-hybridized carbons (Fsp3) is 1.00. The summed E-state index contributed by atoms with van der Waals surface area (Å²) in [6, 6.07) is 0. The number of rotatable bonds is 1. The molecular formula is C6H12O. The second-order valence-electron chi connectivity index (χ2n) is 2.63. The Morgan fingerprint density at radius 3 is 2.29 bits per heavy atom. The highest BCUT2D eigenvalue weighted by Crippen LogP contribution is 2.31. The average Bonchev–Trinajstić information content (AvgIpc) is 1.58. The quantitative estimate of drug-likeness (QED) is 0.521. The molecule has 0 atom stereocenters. The van der Waals surface area contributed by atoms with Crippen LogP contribution < -0.4 is 0 Å². The molecule has 1 aliphatic rings. The van der Waals surface area contributed by atoms with Gasteiger partial charge in [-0.15, -0.1) is 0 Å². The van der Waals surface area contributed by atoms with E-state index < -0.39 is 0 Å². The Bertz CT molecular complexity index is 55.2. The minimum Gasteiger partial charge on any atom is -0.396 e. The molecule has 0 amide bonds. The van der Waals surface area contributed by atoms with Crippen LogP contribution in [0, 0.1) is 11.8 Å². The third-order valence-electron chi connectivity index (χ3n) is 1.73. The van der Waals surface area contributed by atoms with Crippen LogP contribution in [0.5, 0.6) is 0 Å². The molecule has 0 heterocycles. The number of hydrogen-bond donors (Lipinski definition) is 1. The van der Waals surface area contributed by atoms with Crippen LogP contribution in [0.1, 0.15) is 19.8 Å². The van der Waals surface area contributed by atoms with Gasteiger partial charge in [-0.25, -0.2) is 0 Å². The van der Waals surface area contributed by atoms with Crippen LogP contribution in [-0.4, -0.2) is 11.7 Å². The van der Waals surface area contributed by atoms with Gasteiger partial charge in [0.1, 0.15) is 0 Å². The molecule has 42 valence electrons. The summed E-state index contributed by atoms with van der Waals surface area (Å²) in [5.41, 5.74) is 0. The van der Waals surface area contributed by atoms with Gasteiger partial charge in [0.2, 0.25) is 0 Å². The van der Waals surface area contributed by atoms with Crippen molar-refractivity contribution in [1.29, 1.82) is 0 Å². The van der Waals surface area contributed by atoms with Crippen molar-refractivity contribution in [1.82, 2.24) is 0 Å². The first kappa shape index (κ1) is 5.10. The van der Waals surface area contributed by atoms with E-state index in [1.165, 1.54) is 12.8 Å². The minimum atomic E-state index is 0.407.